The van der Waals surface area contributed by atoms with E-state index >= 15 is 0 Å². The number of hydrogen-bond acceptors (Lipinski definition) is 3. The predicted octanol–water partition coefficient (Wildman–Crippen LogP) is 5.26. The molecular weight excluding hydrogens is 417 g/mol. The van der Waals surface area contributed by atoms with Crippen molar-refractivity contribution in [2.24, 2.45) is 7.05 Å². The van der Waals surface area contributed by atoms with Crippen LogP contribution in [0.3, 0.4) is 0 Å². The predicted molar refractivity (Wildman–Crippen MR) is 116 cm³/mol. The lowest BCUT2D eigenvalue weighted by molar-refractivity contribution is 0.103. The van der Waals surface area contributed by atoms with Crippen molar-refractivity contribution in [3.63, 3.8) is 0 Å². The van der Waals surface area contributed by atoms with Crippen LogP contribution in [-0.4, -0.2) is 15.3 Å². The van der Waals surface area contributed by atoms with Crippen LogP contribution in [-0.2, 0) is 7.05 Å². The second kappa shape index (κ2) is 7.13. The molecule has 0 radical (unpaired) electrons. The van der Waals surface area contributed by atoms with E-state index in [9.17, 15) is 9.59 Å². The van der Waals surface area contributed by atoms with Crippen molar-refractivity contribution in [2.75, 3.05) is 5.32 Å². The maximum atomic E-state index is 13.0. The molecule has 142 valence electrons. The van der Waals surface area contributed by atoms with Crippen molar-refractivity contribution >= 4 is 56.2 Å². The number of fused-ring (bicyclic) bond motifs is 1. The first kappa shape index (κ1) is 18.8. The van der Waals surface area contributed by atoms with Gasteiger partial charge in [0.1, 0.15) is 10.6 Å². The zero-order chi connectivity index (χ0) is 20.0. The fourth-order valence-electron chi connectivity index (χ4n) is 3.10. The number of thiophene rings is 1. The van der Waals surface area contributed by atoms with E-state index in [-0.39, 0.29) is 11.2 Å². The highest BCUT2D eigenvalue weighted by molar-refractivity contribution is 7.21. The molecule has 4 rings (SSSR count). The molecule has 0 fully saturated rings. The largest absolute Gasteiger partial charge is 0.315 e. The van der Waals surface area contributed by atoms with E-state index in [2.05, 4.69) is 5.32 Å². The summed E-state index contributed by atoms with van der Waals surface area (Å²) in [5.41, 5.74) is 1.26. The molecule has 0 saturated carbocycles. The summed E-state index contributed by atoms with van der Waals surface area (Å²) in [6.45, 7) is 1.78. The highest BCUT2D eigenvalue weighted by Gasteiger charge is 2.23. The van der Waals surface area contributed by atoms with Crippen LogP contribution in [0.25, 0.3) is 15.8 Å². The number of para-hydroxylation sites is 1. The number of carbonyl (C=O) groups is 1. The lowest BCUT2D eigenvalue weighted by Gasteiger charge is -2.07. The van der Waals surface area contributed by atoms with Crippen molar-refractivity contribution in [1.29, 1.82) is 0 Å². The highest BCUT2D eigenvalue weighted by Crippen LogP contribution is 2.39. The van der Waals surface area contributed by atoms with Crippen molar-refractivity contribution in [3.05, 3.63) is 79.5 Å². The monoisotopic (exact) mass is 431 g/mol. The van der Waals surface area contributed by atoms with Crippen LogP contribution >= 0.6 is 34.5 Å². The number of amides is 1. The minimum atomic E-state index is -0.437. The molecule has 2 aromatic heterocycles. The molecule has 28 heavy (non-hydrogen) atoms. The third-order valence-electron chi connectivity index (χ3n) is 4.61. The van der Waals surface area contributed by atoms with Crippen LogP contribution < -0.4 is 10.9 Å². The van der Waals surface area contributed by atoms with E-state index < -0.39 is 5.91 Å². The van der Waals surface area contributed by atoms with Crippen molar-refractivity contribution < 1.29 is 4.79 Å². The van der Waals surface area contributed by atoms with Gasteiger partial charge in [-0.1, -0.05) is 47.5 Å². The smallest absolute Gasteiger partial charge is 0.295 e. The van der Waals surface area contributed by atoms with Gasteiger partial charge in [0.25, 0.3) is 11.5 Å². The molecule has 8 heteroatoms. The molecule has 1 N–H and O–H groups in total. The summed E-state index contributed by atoms with van der Waals surface area (Å²) >= 11 is 13.9. The minimum absolute atomic E-state index is 0.218. The molecule has 0 unspecified atom stereocenters. The Kier molecular flexibility index (Phi) is 4.79. The summed E-state index contributed by atoms with van der Waals surface area (Å²) in [6, 6.07) is 14.6. The lowest BCUT2D eigenvalue weighted by Crippen LogP contribution is -2.22. The average molecular weight is 432 g/mol. The molecule has 2 aromatic carbocycles. The second-order valence-electron chi connectivity index (χ2n) is 6.25. The topological polar surface area (TPSA) is 56.0 Å². The maximum Gasteiger partial charge on any atom is 0.295 e. The molecule has 0 aliphatic heterocycles. The number of halogens is 2. The Labute approximate surface area is 174 Å². The quantitative estimate of drug-likeness (QED) is 0.480. The fraction of sp³-hybridized carbons (Fsp3) is 0.100. The summed E-state index contributed by atoms with van der Waals surface area (Å²) in [4.78, 5) is 26.2. The molecule has 0 saturated heterocycles. The molecule has 0 bridgehead atoms. The van der Waals surface area contributed by atoms with Crippen LogP contribution in [0.15, 0.2) is 53.3 Å². The van der Waals surface area contributed by atoms with E-state index in [1.807, 2.05) is 36.4 Å². The van der Waals surface area contributed by atoms with Crippen LogP contribution in [0.1, 0.15) is 15.4 Å². The fourth-order valence-corrected chi connectivity index (χ4v) is 4.95. The number of nitrogens with one attached hydrogen (secondary N) is 1. The van der Waals surface area contributed by atoms with Crippen LogP contribution in [0.5, 0.6) is 0 Å². The number of hydrogen-bond donors (Lipinski definition) is 1. The van der Waals surface area contributed by atoms with Crippen LogP contribution in [0.2, 0.25) is 10.0 Å². The Morgan fingerprint density at radius 1 is 1.07 bits per heavy atom. The first-order valence-corrected chi connectivity index (χ1v) is 9.99. The maximum absolute atomic E-state index is 13.0. The third kappa shape index (κ3) is 2.94. The van der Waals surface area contributed by atoms with Crippen molar-refractivity contribution in [3.8, 4) is 5.69 Å². The van der Waals surface area contributed by atoms with E-state index in [4.69, 9.17) is 23.2 Å². The normalized spacial score (nSPS) is 11.1. The summed E-state index contributed by atoms with van der Waals surface area (Å²) in [7, 11) is 1.77. The number of nitrogens with zero attached hydrogens (tertiary/aromatic N) is 2. The third-order valence-corrected chi connectivity index (χ3v) is 6.56. The summed E-state index contributed by atoms with van der Waals surface area (Å²) in [6.07, 6.45) is 0. The molecule has 0 aliphatic rings. The average Bonchev–Trinajstić information content (AvgIpc) is 3.13. The van der Waals surface area contributed by atoms with Gasteiger partial charge in [-0.15, -0.1) is 11.3 Å². The number of carbonyl (C=O) groups excluding carboxylic acids is 1. The standard InChI is InChI=1S/C20H15Cl2N3O2S/c1-11-17(20(27)25(24(11)2)12-7-4-3-5-8-12)23-19(26)18-16(22)15-13(21)9-6-10-14(15)28-18/h3-10H,1-2H3,(H,23,26). The summed E-state index contributed by atoms with van der Waals surface area (Å²) < 4.78 is 4.03. The van der Waals surface area contributed by atoms with E-state index in [1.54, 1.807) is 30.8 Å². The molecule has 0 atom stereocenters. The van der Waals surface area contributed by atoms with Crippen molar-refractivity contribution in [1.82, 2.24) is 9.36 Å². The van der Waals surface area contributed by atoms with Gasteiger partial charge in [0.2, 0.25) is 0 Å². The molecule has 0 spiro atoms. The number of aromatic nitrogens is 2. The number of anilines is 1. The Hall–Kier alpha value is -2.54. The number of rotatable bonds is 3. The van der Waals surface area contributed by atoms with Gasteiger partial charge in [-0.25, -0.2) is 4.68 Å². The zero-order valence-corrected chi connectivity index (χ0v) is 17.3. The lowest BCUT2D eigenvalue weighted by atomic mass is 10.2. The van der Waals surface area contributed by atoms with Crippen molar-refractivity contribution in [2.45, 2.75) is 6.92 Å². The van der Waals surface area contributed by atoms with E-state index in [0.29, 0.717) is 31.7 Å². The zero-order valence-electron chi connectivity index (χ0n) is 15.0. The van der Waals surface area contributed by atoms with Gasteiger partial charge in [0.15, 0.2) is 0 Å². The molecule has 1 amide bonds. The molecule has 0 aliphatic carbocycles. The Morgan fingerprint density at radius 2 is 1.79 bits per heavy atom. The summed E-state index contributed by atoms with van der Waals surface area (Å²) in [5.74, 6) is -0.437. The van der Waals surface area contributed by atoms with E-state index in [1.165, 1.54) is 16.0 Å². The number of benzene rings is 2. The van der Waals surface area contributed by atoms with Gasteiger partial charge in [-0.3, -0.25) is 14.3 Å². The molecular formula is C20H15Cl2N3O2S. The van der Waals surface area contributed by atoms with Gasteiger partial charge in [0, 0.05) is 17.1 Å². The molecule has 2 heterocycles. The van der Waals surface area contributed by atoms with Gasteiger partial charge < -0.3 is 5.32 Å². The van der Waals surface area contributed by atoms with E-state index in [0.717, 1.165) is 4.70 Å². The van der Waals surface area contributed by atoms with Gasteiger partial charge in [-0.2, -0.15) is 0 Å². The Morgan fingerprint density at radius 3 is 2.46 bits per heavy atom. The van der Waals surface area contributed by atoms with Gasteiger partial charge >= 0.3 is 0 Å². The van der Waals surface area contributed by atoms with Crippen LogP contribution in [0, 0.1) is 6.92 Å². The molecule has 4 aromatic rings. The highest BCUT2D eigenvalue weighted by atomic mass is 35.5. The van der Waals surface area contributed by atoms with Gasteiger partial charge in [-0.05, 0) is 31.2 Å². The summed E-state index contributed by atoms with van der Waals surface area (Å²) in [5, 5.41) is 4.16. The Balaban J connectivity index is 1.77. The second-order valence-corrected chi connectivity index (χ2v) is 8.09. The van der Waals surface area contributed by atoms with Crippen LogP contribution in [0.4, 0.5) is 5.69 Å². The molecule has 5 nitrogen and oxygen atoms in total. The Bertz CT molecular complexity index is 1270. The first-order chi connectivity index (χ1) is 13.4. The first-order valence-electron chi connectivity index (χ1n) is 8.42. The SMILES string of the molecule is Cc1c(NC(=O)c2sc3cccc(Cl)c3c2Cl)c(=O)n(-c2ccccc2)n1C. The minimum Gasteiger partial charge on any atom is -0.315 e. The van der Waals surface area contributed by atoms with Gasteiger partial charge in [0.05, 0.1) is 21.4 Å².